The lowest BCUT2D eigenvalue weighted by Crippen LogP contribution is -2.25. The van der Waals surface area contributed by atoms with Crippen LogP contribution in [0.15, 0.2) is 51.7 Å². The molecule has 0 aliphatic carbocycles. The van der Waals surface area contributed by atoms with E-state index in [4.69, 9.17) is 9.15 Å². The highest BCUT2D eigenvalue weighted by atomic mass is 16.6. The van der Waals surface area contributed by atoms with Crippen LogP contribution in [0.4, 0.5) is 11.4 Å². The number of carbonyl (C=O) groups excluding carboxylic acids is 1. The van der Waals surface area contributed by atoms with Gasteiger partial charge in [-0.3, -0.25) is 19.5 Å². The summed E-state index contributed by atoms with van der Waals surface area (Å²) >= 11 is 0. The third kappa shape index (κ3) is 3.20. The van der Waals surface area contributed by atoms with Gasteiger partial charge in [0.05, 0.1) is 23.6 Å². The Morgan fingerprint density at radius 1 is 1.32 bits per heavy atom. The van der Waals surface area contributed by atoms with Gasteiger partial charge in [0.25, 0.3) is 5.69 Å². The van der Waals surface area contributed by atoms with Gasteiger partial charge in [-0.05, 0) is 24.3 Å². The fourth-order valence-electron chi connectivity index (χ4n) is 2.39. The summed E-state index contributed by atoms with van der Waals surface area (Å²) in [6, 6.07) is 10.7. The summed E-state index contributed by atoms with van der Waals surface area (Å²) in [7, 11) is 1.38. The summed E-state index contributed by atoms with van der Waals surface area (Å²) in [5.74, 6) is -0.982. The number of para-hydroxylation sites is 2. The van der Waals surface area contributed by atoms with Crippen molar-refractivity contribution < 1.29 is 18.9 Å². The molecule has 0 saturated carbocycles. The molecule has 0 aliphatic heterocycles. The fourth-order valence-corrected chi connectivity index (χ4v) is 2.39. The van der Waals surface area contributed by atoms with Gasteiger partial charge in [0.2, 0.25) is 5.91 Å². The maximum atomic E-state index is 12.2. The van der Waals surface area contributed by atoms with Crippen LogP contribution in [0.5, 0.6) is 5.75 Å². The van der Waals surface area contributed by atoms with E-state index in [9.17, 15) is 19.7 Å². The molecule has 9 nitrogen and oxygen atoms in total. The summed E-state index contributed by atoms with van der Waals surface area (Å²) in [5.41, 5.74) is 0.524. The Bertz CT molecular complexity index is 1020. The van der Waals surface area contributed by atoms with E-state index in [2.05, 4.69) is 5.32 Å². The highest BCUT2D eigenvalue weighted by Crippen LogP contribution is 2.29. The molecule has 0 atom stereocenters. The van der Waals surface area contributed by atoms with Crippen molar-refractivity contribution in [2.75, 3.05) is 12.4 Å². The SMILES string of the molecule is COc1ccc(NC(=O)Cn2c(=O)oc3ccccc32)c([N+](=O)[O-])c1. The van der Waals surface area contributed by atoms with E-state index < -0.39 is 16.6 Å². The first-order chi connectivity index (χ1) is 12.0. The number of rotatable bonds is 5. The van der Waals surface area contributed by atoms with Crippen molar-refractivity contribution in [2.45, 2.75) is 6.54 Å². The molecule has 25 heavy (non-hydrogen) atoms. The standard InChI is InChI=1S/C16H13N3O6/c1-24-10-6-7-11(13(8-10)19(22)23)17-15(20)9-18-12-4-2-3-5-14(12)25-16(18)21/h2-8H,9H2,1H3,(H,17,20). The molecule has 1 heterocycles. The molecule has 0 bridgehead atoms. The molecular formula is C16H13N3O6. The molecular weight excluding hydrogens is 330 g/mol. The zero-order valence-electron chi connectivity index (χ0n) is 13.1. The molecule has 2 aromatic carbocycles. The predicted molar refractivity (Wildman–Crippen MR) is 88.8 cm³/mol. The molecule has 0 unspecified atom stereocenters. The van der Waals surface area contributed by atoms with E-state index in [1.165, 1.54) is 25.3 Å². The number of ether oxygens (including phenoxy) is 1. The number of nitrogens with zero attached hydrogens (tertiary/aromatic N) is 2. The second-order valence-corrected chi connectivity index (χ2v) is 5.11. The van der Waals surface area contributed by atoms with Crippen LogP contribution in [0, 0.1) is 10.1 Å². The number of nitrogens with one attached hydrogen (secondary N) is 1. The Morgan fingerprint density at radius 2 is 2.08 bits per heavy atom. The Kier molecular flexibility index (Phi) is 4.21. The van der Waals surface area contributed by atoms with E-state index in [1.54, 1.807) is 24.3 Å². The third-order valence-corrected chi connectivity index (χ3v) is 3.55. The van der Waals surface area contributed by atoms with Crippen molar-refractivity contribution >= 4 is 28.4 Å². The van der Waals surface area contributed by atoms with Crippen LogP contribution >= 0.6 is 0 Å². The average Bonchev–Trinajstić information content (AvgIpc) is 2.90. The van der Waals surface area contributed by atoms with Gasteiger partial charge < -0.3 is 14.5 Å². The number of nitro benzene ring substituents is 1. The zero-order valence-corrected chi connectivity index (χ0v) is 13.1. The van der Waals surface area contributed by atoms with Crippen LogP contribution in [0.2, 0.25) is 0 Å². The number of methoxy groups -OCH3 is 1. The lowest BCUT2D eigenvalue weighted by atomic mass is 10.2. The molecule has 1 N–H and O–H groups in total. The average molecular weight is 343 g/mol. The highest BCUT2D eigenvalue weighted by molar-refractivity contribution is 5.93. The molecule has 128 valence electrons. The van der Waals surface area contributed by atoms with Crippen molar-refractivity contribution in [3.63, 3.8) is 0 Å². The van der Waals surface area contributed by atoms with E-state index in [0.717, 1.165) is 4.57 Å². The summed E-state index contributed by atoms with van der Waals surface area (Å²) in [6.07, 6.45) is 0. The maximum absolute atomic E-state index is 12.2. The molecule has 3 rings (SSSR count). The molecule has 0 fully saturated rings. The second kappa shape index (κ2) is 6.48. The number of oxazole rings is 1. The normalized spacial score (nSPS) is 10.6. The Morgan fingerprint density at radius 3 is 2.80 bits per heavy atom. The second-order valence-electron chi connectivity index (χ2n) is 5.11. The Hall–Kier alpha value is -3.62. The first-order valence-electron chi connectivity index (χ1n) is 7.20. The summed E-state index contributed by atoms with van der Waals surface area (Å²) in [4.78, 5) is 34.6. The Labute approximate surface area is 140 Å². The number of anilines is 1. The minimum Gasteiger partial charge on any atom is -0.496 e. The molecule has 0 spiro atoms. The van der Waals surface area contributed by atoms with Gasteiger partial charge in [-0.25, -0.2) is 4.79 Å². The molecule has 3 aromatic rings. The van der Waals surface area contributed by atoms with E-state index in [0.29, 0.717) is 16.8 Å². The number of fused-ring (bicyclic) bond motifs is 1. The van der Waals surface area contributed by atoms with Crippen LogP contribution in [-0.4, -0.2) is 22.5 Å². The van der Waals surface area contributed by atoms with Crippen molar-refractivity contribution in [2.24, 2.45) is 0 Å². The molecule has 0 saturated heterocycles. The van der Waals surface area contributed by atoms with Crippen molar-refractivity contribution in [1.29, 1.82) is 0 Å². The molecule has 1 aromatic heterocycles. The quantitative estimate of drug-likeness (QED) is 0.560. The lowest BCUT2D eigenvalue weighted by molar-refractivity contribution is -0.384. The van der Waals surface area contributed by atoms with Crippen molar-refractivity contribution in [3.05, 3.63) is 63.1 Å². The minimum atomic E-state index is -0.680. The van der Waals surface area contributed by atoms with E-state index >= 15 is 0 Å². The van der Waals surface area contributed by atoms with Gasteiger partial charge in [-0.15, -0.1) is 0 Å². The van der Waals surface area contributed by atoms with Crippen LogP contribution in [0.3, 0.4) is 0 Å². The number of amides is 1. The highest BCUT2D eigenvalue weighted by Gasteiger charge is 2.19. The number of carbonyl (C=O) groups is 1. The van der Waals surface area contributed by atoms with Gasteiger partial charge >= 0.3 is 5.76 Å². The van der Waals surface area contributed by atoms with E-state index in [-0.39, 0.29) is 17.9 Å². The third-order valence-electron chi connectivity index (χ3n) is 3.55. The first-order valence-corrected chi connectivity index (χ1v) is 7.20. The van der Waals surface area contributed by atoms with Crippen molar-refractivity contribution in [1.82, 2.24) is 4.57 Å². The number of hydrogen-bond donors (Lipinski definition) is 1. The number of hydrogen-bond acceptors (Lipinski definition) is 6. The van der Waals surface area contributed by atoms with Gasteiger partial charge in [0, 0.05) is 0 Å². The van der Waals surface area contributed by atoms with Crippen LogP contribution in [0.25, 0.3) is 11.1 Å². The van der Waals surface area contributed by atoms with Gasteiger partial charge in [-0.2, -0.15) is 0 Å². The molecule has 0 radical (unpaired) electrons. The lowest BCUT2D eigenvalue weighted by Gasteiger charge is -2.08. The van der Waals surface area contributed by atoms with E-state index in [1.807, 2.05) is 0 Å². The molecule has 0 aliphatic rings. The number of nitro groups is 1. The van der Waals surface area contributed by atoms with Gasteiger partial charge in [0.1, 0.15) is 18.0 Å². The summed E-state index contributed by atoms with van der Waals surface area (Å²) < 4.78 is 11.1. The monoisotopic (exact) mass is 343 g/mol. The smallest absolute Gasteiger partial charge is 0.420 e. The van der Waals surface area contributed by atoms with Crippen molar-refractivity contribution in [3.8, 4) is 5.75 Å². The fraction of sp³-hybridized carbons (Fsp3) is 0.125. The summed E-state index contributed by atoms with van der Waals surface area (Å²) in [6.45, 7) is -0.334. The number of aromatic nitrogens is 1. The zero-order chi connectivity index (χ0) is 18.0. The Balaban J connectivity index is 1.87. The summed E-state index contributed by atoms with van der Waals surface area (Å²) in [5, 5.41) is 13.6. The molecule has 9 heteroatoms. The maximum Gasteiger partial charge on any atom is 0.420 e. The minimum absolute atomic E-state index is 0.0108. The largest absolute Gasteiger partial charge is 0.496 e. The van der Waals surface area contributed by atoms with Crippen LogP contribution < -0.4 is 15.8 Å². The predicted octanol–water partition coefficient (Wildman–Crippen LogP) is 2.15. The van der Waals surface area contributed by atoms with Crippen LogP contribution in [0.1, 0.15) is 0 Å². The first kappa shape index (κ1) is 16.2. The van der Waals surface area contributed by atoms with Crippen LogP contribution in [-0.2, 0) is 11.3 Å². The van der Waals surface area contributed by atoms with Gasteiger partial charge in [0.15, 0.2) is 5.58 Å². The molecule has 1 amide bonds. The number of benzene rings is 2. The van der Waals surface area contributed by atoms with Gasteiger partial charge in [-0.1, -0.05) is 12.1 Å². The topological polar surface area (TPSA) is 117 Å².